The van der Waals surface area contributed by atoms with E-state index in [0.717, 1.165) is 12.1 Å². The third-order valence-corrected chi connectivity index (χ3v) is 4.69. The molecule has 0 saturated heterocycles. The number of para-hydroxylation sites is 3. The Hall–Kier alpha value is -3.41. The number of methoxy groups -OCH3 is 1. The predicted octanol–water partition coefficient (Wildman–Crippen LogP) is 3.82. The molecule has 1 aliphatic heterocycles. The van der Waals surface area contributed by atoms with Crippen LogP contribution in [0.4, 0.5) is 17.2 Å². The molecule has 1 aliphatic rings. The van der Waals surface area contributed by atoms with Gasteiger partial charge in [0.05, 0.1) is 12.8 Å². The van der Waals surface area contributed by atoms with Crippen LogP contribution in [0.2, 0.25) is 0 Å². The molecule has 0 bridgehead atoms. The largest absolute Gasteiger partial charge is 0.495 e. The minimum absolute atomic E-state index is 0.266. The molecule has 6 heteroatoms. The van der Waals surface area contributed by atoms with E-state index in [-0.39, 0.29) is 11.9 Å². The van der Waals surface area contributed by atoms with Gasteiger partial charge in [-0.15, -0.1) is 0 Å². The van der Waals surface area contributed by atoms with Gasteiger partial charge in [0, 0.05) is 17.8 Å². The Morgan fingerprint density at radius 3 is 2.78 bits per heavy atom. The maximum absolute atomic E-state index is 12.7. The average Bonchev–Trinajstić information content (AvgIpc) is 3.04. The summed E-state index contributed by atoms with van der Waals surface area (Å²) in [7, 11) is 1.57. The summed E-state index contributed by atoms with van der Waals surface area (Å²) in [6, 6.07) is 17.5. The molecule has 0 saturated carbocycles. The Bertz CT molecular complexity index is 989. The fourth-order valence-corrected chi connectivity index (χ4v) is 3.45. The number of nitrogens with one attached hydrogen (secondary N) is 1. The zero-order valence-electron chi connectivity index (χ0n) is 15.2. The van der Waals surface area contributed by atoms with Crippen LogP contribution in [0.1, 0.15) is 23.0 Å². The summed E-state index contributed by atoms with van der Waals surface area (Å²) in [6.07, 6.45) is 2.38. The van der Waals surface area contributed by atoms with Gasteiger partial charge >= 0.3 is 0 Å². The van der Waals surface area contributed by atoms with Crippen LogP contribution >= 0.6 is 0 Å². The fraction of sp³-hybridized carbons (Fsp3) is 0.190. The highest BCUT2D eigenvalue weighted by Gasteiger charge is 2.28. The van der Waals surface area contributed by atoms with Crippen molar-refractivity contribution in [3.05, 3.63) is 72.2 Å². The molecule has 1 amide bonds. The molecule has 1 unspecified atom stereocenters. The Kier molecular flexibility index (Phi) is 4.46. The minimum Gasteiger partial charge on any atom is -0.495 e. The van der Waals surface area contributed by atoms with Crippen LogP contribution in [-0.2, 0) is 6.42 Å². The van der Waals surface area contributed by atoms with Gasteiger partial charge in [-0.05, 0) is 37.1 Å². The molecule has 2 aromatic carbocycles. The van der Waals surface area contributed by atoms with Gasteiger partial charge in [0.1, 0.15) is 23.6 Å². The number of hydrogen-bond donors (Lipinski definition) is 1. The summed E-state index contributed by atoms with van der Waals surface area (Å²) in [5, 5.41) is 2.85. The Balaban J connectivity index is 1.62. The summed E-state index contributed by atoms with van der Waals surface area (Å²) < 4.78 is 5.28. The van der Waals surface area contributed by atoms with Crippen molar-refractivity contribution in [2.24, 2.45) is 0 Å². The van der Waals surface area contributed by atoms with Crippen molar-refractivity contribution in [3.8, 4) is 5.75 Å². The molecule has 0 aliphatic carbocycles. The highest BCUT2D eigenvalue weighted by molar-refractivity contribution is 6.04. The Labute approximate surface area is 157 Å². The first kappa shape index (κ1) is 17.0. The van der Waals surface area contributed by atoms with Crippen molar-refractivity contribution >= 4 is 23.1 Å². The number of carbonyl (C=O) groups excluding carboxylic acids is 1. The number of nitrogens with zero attached hydrogens (tertiary/aromatic N) is 3. The second kappa shape index (κ2) is 7.07. The summed E-state index contributed by atoms with van der Waals surface area (Å²) in [5.41, 5.74) is 3.32. The number of aromatic nitrogens is 2. The SMILES string of the molecule is COc1ccccc1NC(=O)c1cc(N2c3ccccc3CC2C)ncn1. The van der Waals surface area contributed by atoms with Crippen LogP contribution in [0.15, 0.2) is 60.9 Å². The molecule has 4 rings (SSSR count). The van der Waals surface area contributed by atoms with Gasteiger partial charge in [-0.1, -0.05) is 30.3 Å². The fourth-order valence-electron chi connectivity index (χ4n) is 3.45. The van der Waals surface area contributed by atoms with Gasteiger partial charge in [-0.2, -0.15) is 0 Å². The van der Waals surface area contributed by atoms with Gasteiger partial charge in [0.25, 0.3) is 5.91 Å². The van der Waals surface area contributed by atoms with E-state index in [1.807, 2.05) is 24.3 Å². The molecule has 1 aromatic heterocycles. The smallest absolute Gasteiger partial charge is 0.274 e. The first-order valence-electron chi connectivity index (χ1n) is 8.81. The van der Waals surface area contributed by atoms with Crippen LogP contribution in [0.5, 0.6) is 5.75 Å². The van der Waals surface area contributed by atoms with Gasteiger partial charge < -0.3 is 15.0 Å². The predicted molar refractivity (Wildman–Crippen MR) is 105 cm³/mol. The lowest BCUT2D eigenvalue weighted by Gasteiger charge is -2.23. The Morgan fingerprint density at radius 1 is 1.15 bits per heavy atom. The zero-order chi connectivity index (χ0) is 18.8. The van der Waals surface area contributed by atoms with E-state index >= 15 is 0 Å². The number of ether oxygens (including phenoxy) is 1. The van der Waals surface area contributed by atoms with E-state index < -0.39 is 0 Å². The quantitative estimate of drug-likeness (QED) is 0.766. The molecule has 1 atom stereocenters. The molecule has 0 fully saturated rings. The number of hydrogen-bond acceptors (Lipinski definition) is 5. The standard InChI is InChI=1S/C21H20N4O2/c1-14-11-15-7-3-5-9-18(15)25(14)20-12-17(22-13-23-20)21(26)24-16-8-4-6-10-19(16)27-2/h3-10,12-14H,11H2,1-2H3,(H,24,26). The second-order valence-corrected chi connectivity index (χ2v) is 6.47. The van der Waals surface area contributed by atoms with Crippen LogP contribution in [0.25, 0.3) is 0 Å². The summed E-state index contributed by atoms with van der Waals surface area (Å²) in [5.74, 6) is 1.01. The summed E-state index contributed by atoms with van der Waals surface area (Å²) >= 11 is 0. The van der Waals surface area contributed by atoms with E-state index in [2.05, 4.69) is 39.2 Å². The number of carbonyl (C=O) groups is 1. The minimum atomic E-state index is -0.303. The molecule has 1 N–H and O–H groups in total. The van der Waals surface area contributed by atoms with E-state index in [1.54, 1.807) is 25.3 Å². The highest BCUT2D eigenvalue weighted by atomic mass is 16.5. The van der Waals surface area contributed by atoms with Crippen molar-refractivity contribution in [3.63, 3.8) is 0 Å². The second-order valence-electron chi connectivity index (χ2n) is 6.47. The molecule has 0 radical (unpaired) electrons. The number of benzene rings is 2. The molecule has 3 aromatic rings. The monoisotopic (exact) mass is 360 g/mol. The lowest BCUT2D eigenvalue weighted by Crippen LogP contribution is -2.25. The van der Waals surface area contributed by atoms with Gasteiger partial charge in [-0.3, -0.25) is 4.79 Å². The van der Waals surface area contributed by atoms with Crippen molar-refractivity contribution in [2.45, 2.75) is 19.4 Å². The number of rotatable bonds is 4. The summed E-state index contributed by atoms with van der Waals surface area (Å²) in [6.45, 7) is 2.15. The normalized spacial score (nSPS) is 15.3. The highest BCUT2D eigenvalue weighted by Crippen LogP contribution is 2.37. The molecule has 27 heavy (non-hydrogen) atoms. The van der Waals surface area contributed by atoms with Crippen molar-refractivity contribution in [1.29, 1.82) is 0 Å². The zero-order valence-corrected chi connectivity index (χ0v) is 15.2. The summed E-state index contributed by atoms with van der Waals surface area (Å²) in [4.78, 5) is 23.4. The third kappa shape index (κ3) is 3.21. The average molecular weight is 360 g/mol. The van der Waals surface area contributed by atoms with Gasteiger partial charge in [0.2, 0.25) is 0 Å². The van der Waals surface area contributed by atoms with Crippen LogP contribution in [0.3, 0.4) is 0 Å². The molecule has 136 valence electrons. The maximum atomic E-state index is 12.7. The van der Waals surface area contributed by atoms with Crippen molar-refractivity contribution < 1.29 is 9.53 Å². The molecular formula is C21H20N4O2. The van der Waals surface area contributed by atoms with E-state index in [9.17, 15) is 4.79 Å². The van der Waals surface area contributed by atoms with E-state index in [1.165, 1.54) is 11.9 Å². The lowest BCUT2D eigenvalue weighted by atomic mass is 10.1. The van der Waals surface area contributed by atoms with E-state index in [0.29, 0.717) is 22.9 Å². The third-order valence-electron chi connectivity index (χ3n) is 4.69. The van der Waals surface area contributed by atoms with Gasteiger partial charge in [0.15, 0.2) is 0 Å². The number of fused-ring (bicyclic) bond motifs is 1. The maximum Gasteiger partial charge on any atom is 0.274 e. The van der Waals surface area contributed by atoms with Crippen LogP contribution < -0.4 is 15.0 Å². The topological polar surface area (TPSA) is 67.3 Å². The molecule has 0 spiro atoms. The first-order valence-corrected chi connectivity index (χ1v) is 8.81. The van der Waals surface area contributed by atoms with Crippen LogP contribution in [-0.4, -0.2) is 29.0 Å². The van der Waals surface area contributed by atoms with Crippen molar-refractivity contribution in [1.82, 2.24) is 9.97 Å². The van der Waals surface area contributed by atoms with Crippen molar-refractivity contribution in [2.75, 3.05) is 17.3 Å². The number of anilines is 3. The molecule has 6 nitrogen and oxygen atoms in total. The lowest BCUT2D eigenvalue weighted by molar-refractivity contribution is 0.102. The Morgan fingerprint density at radius 2 is 1.93 bits per heavy atom. The van der Waals surface area contributed by atoms with Crippen LogP contribution in [0, 0.1) is 0 Å². The van der Waals surface area contributed by atoms with E-state index in [4.69, 9.17) is 4.74 Å². The first-order chi connectivity index (χ1) is 13.2. The number of amides is 1. The van der Waals surface area contributed by atoms with Gasteiger partial charge in [-0.25, -0.2) is 9.97 Å². The molecule has 2 heterocycles. The molecular weight excluding hydrogens is 340 g/mol.